The largest absolute Gasteiger partial charge is 0.497 e. The smallest absolute Gasteiger partial charge is 0.167 e. The van der Waals surface area contributed by atoms with E-state index in [1.807, 2.05) is 18.2 Å². The van der Waals surface area contributed by atoms with Crippen LogP contribution in [0.3, 0.4) is 0 Å². The highest BCUT2D eigenvalue weighted by Crippen LogP contribution is 2.34. The van der Waals surface area contributed by atoms with Gasteiger partial charge in [-0.3, -0.25) is 4.79 Å². The van der Waals surface area contributed by atoms with Gasteiger partial charge in [0, 0.05) is 12.0 Å². The number of Topliss-reactive ketones (excluding diaryl/α,β-unsaturated/α-hetero) is 1. The van der Waals surface area contributed by atoms with Gasteiger partial charge in [-0.2, -0.15) is 0 Å². The molecule has 100 valence electrons. The molecule has 1 aromatic carbocycles. The molecule has 0 N–H and O–H groups in total. The minimum Gasteiger partial charge on any atom is -0.497 e. The first-order valence-corrected chi connectivity index (χ1v) is 6.55. The van der Waals surface area contributed by atoms with Crippen molar-refractivity contribution in [2.24, 2.45) is 0 Å². The van der Waals surface area contributed by atoms with E-state index in [0.29, 0.717) is 6.42 Å². The Morgan fingerprint density at radius 1 is 1.21 bits per heavy atom. The third kappa shape index (κ3) is 2.78. The highest BCUT2D eigenvalue weighted by molar-refractivity contribution is 5.98. The van der Waals surface area contributed by atoms with Crippen LogP contribution in [0.15, 0.2) is 46.6 Å². The van der Waals surface area contributed by atoms with Gasteiger partial charge in [0.25, 0.3) is 0 Å². The zero-order valence-corrected chi connectivity index (χ0v) is 12.0. The third-order valence-electron chi connectivity index (χ3n) is 3.98. The van der Waals surface area contributed by atoms with Crippen molar-refractivity contribution in [1.29, 1.82) is 0 Å². The van der Waals surface area contributed by atoms with E-state index in [1.165, 1.54) is 22.3 Å². The predicted molar refractivity (Wildman–Crippen MR) is 77.6 cm³/mol. The molecule has 0 bridgehead atoms. The monoisotopic (exact) mass is 256 g/mol. The molecule has 0 spiro atoms. The Labute approximate surface area is 114 Å². The second kappa shape index (κ2) is 5.43. The van der Waals surface area contributed by atoms with Crippen molar-refractivity contribution in [3.05, 3.63) is 52.1 Å². The van der Waals surface area contributed by atoms with Crippen molar-refractivity contribution in [2.75, 3.05) is 7.11 Å². The van der Waals surface area contributed by atoms with Gasteiger partial charge in [-0.05, 0) is 50.5 Å². The number of allylic oxidation sites excluding steroid dienone is 4. The fourth-order valence-corrected chi connectivity index (χ4v) is 2.46. The highest BCUT2D eigenvalue weighted by Gasteiger charge is 2.18. The molecule has 0 heterocycles. The standard InChI is InChI=1S/C17H20O2/c1-11-8-15(13(3)12(11)2)10-17(18)14-6-5-7-16(9-14)19-4/h5-7,9H,8,10H2,1-4H3. The number of benzene rings is 1. The number of ketones is 1. The highest BCUT2D eigenvalue weighted by atomic mass is 16.5. The summed E-state index contributed by atoms with van der Waals surface area (Å²) in [5, 5.41) is 0. The van der Waals surface area contributed by atoms with Crippen LogP contribution in [-0.4, -0.2) is 12.9 Å². The predicted octanol–water partition coefficient (Wildman–Crippen LogP) is 4.32. The summed E-state index contributed by atoms with van der Waals surface area (Å²) >= 11 is 0. The van der Waals surface area contributed by atoms with Crippen LogP contribution in [0, 0.1) is 0 Å². The Morgan fingerprint density at radius 2 is 1.95 bits per heavy atom. The van der Waals surface area contributed by atoms with Crippen LogP contribution in [-0.2, 0) is 0 Å². The number of hydrogen-bond donors (Lipinski definition) is 0. The molecule has 0 saturated heterocycles. The van der Waals surface area contributed by atoms with E-state index in [-0.39, 0.29) is 5.78 Å². The quantitative estimate of drug-likeness (QED) is 0.750. The molecule has 1 aliphatic carbocycles. The van der Waals surface area contributed by atoms with Crippen molar-refractivity contribution in [3.63, 3.8) is 0 Å². The van der Waals surface area contributed by atoms with Crippen LogP contribution in [0.5, 0.6) is 5.75 Å². The maximum atomic E-state index is 12.3. The molecular formula is C17H20O2. The zero-order chi connectivity index (χ0) is 14.0. The second-order valence-electron chi connectivity index (χ2n) is 5.14. The minimum atomic E-state index is 0.163. The molecule has 0 unspecified atom stereocenters. The van der Waals surface area contributed by atoms with E-state index in [1.54, 1.807) is 13.2 Å². The first-order valence-electron chi connectivity index (χ1n) is 6.55. The van der Waals surface area contributed by atoms with Gasteiger partial charge >= 0.3 is 0 Å². The molecule has 1 aliphatic rings. The zero-order valence-electron chi connectivity index (χ0n) is 12.0. The normalized spacial score (nSPS) is 15.2. The van der Waals surface area contributed by atoms with Crippen LogP contribution in [0.2, 0.25) is 0 Å². The van der Waals surface area contributed by atoms with Gasteiger partial charge in [-0.25, -0.2) is 0 Å². The molecule has 0 aliphatic heterocycles. The van der Waals surface area contributed by atoms with Crippen molar-refractivity contribution in [2.45, 2.75) is 33.6 Å². The van der Waals surface area contributed by atoms with E-state index in [4.69, 9.17) is 4.74 Å². The van der Waals surface area contributed by atoms with Crippen molar-refractivity contribution in [3.8, 4) is 5.75 Å². The number of carbonyl (C=O) groups is 1. The topological polar surface area (TPSA) is 26.3 Å². The Hall–Kier alpha value is -1.83. The Kier molecular flexibility index (Phi) is 3.89. The van der Waals surface area contributed by atoms with Crippen LogP contribution in [0.1, 0.15) is 44.0 Å². The van der Waals surface area contributed by atoms with Crippen LogP contribution in [0.4, 0.5) is 0 Å². The van der Waals surface area contributed by atoms with Crippen LogP contribution >= 0.6 is 0 Å². The summed E-state index contributed by atoms with van der Waals surface area (Å²) in [6.45, 7) is 6.38. The second-order valence-corrected chi connectivity index (χ2v) is 5.14. The SMILES string of the molecule is COc1cccc(C(=O)CC2=C(C)C(C)=C(C)C2)c1. The first-order chi connectivity index (χ1) is 9.02. The number of ether oxygens (including phenoxy) is 1. The molecule has 0 amide bonds. The molecular weight excluding hydrogens is 236 g/mol. The van der Waals surface area contributed by atoms with Gasteiger partial charge in [0.15, 0.2) is 5.78 Å². The average molecular weight is 256 g/mol. The maximum Gasteiger partial charge on any atom is 0.167 e. The number of rotatable bonds is 4. The van der Waals surface area contributed by atoms with E-state index in [9.17, 15) is 4.79 Å². The fourth-order valence-electron chi connectivity index (χ4n) is 2.46. The molecule has 1 aromatic rings. The molecule has 0 atom stereocenters. The Balaban J connectivity index is 2.15. The minimum absolute atomic E-state index is 0.163. The molecule has 0 aromatic heterocycles. The lowest BCUT2D eigenvalue weighted by Gasteiger charge is -2.06. The molecule has 2 heteroatoms. The summed E-state index contributed by atoms with van der Waals surface area (Å²) in [4.78, 5) is 12.3. The average Bonchev–Trinajstić information content (AvgIpc) is 2.66. The van der Waals surface area contributed by atoms with E-state index in [2.05, 4.69) is 20.8 Å². The lowest BCUT2D eigenvalue weighted by Crippen LogP contribution is -2.01. The Morgan fingerprint density at radius 3 is 2.53 bits per heavy atom. The summed E-state index contributed by atoms with van der Waals surface area (Å²) in [6.07, 6.45) is 1.45. The Bertz CT molecular complexity index is 577. The number of methoxy groups -OCH3 is 1. The van der Waals surface area contributed by atoms with E-state index >= 15 is 0 Å². The number of hydrogen-bond acceptors (Lipinski definition) is 2. The van der Waals surface area contributed by atoms with Crippen molar-refractivity contribution >= 4 is 5.78 Å². The third-order valence-corrected chi connectivity index (χ3v) is 3.98. The van der Waals surface area contributed by atoms with Gasteiger partial charge in [-0.1, -0.05) is 23.3 Å². The van der Waals surface area contributed by atoms with Crippen LogP contribution < -0.4 is 4.74 Å². The molecule has 0 radical (unpaired) electrons. The molecule has 19 heavy (non-hydrogen) atoms. The summed E-state index contributed by atoms with van der Waals surface area (Å²) in [5.74, 6) is 0.893. The lowest BCUT2D eigenvalue weighted by atomic mass is 9.99. The molecule has 2 rings (SSSR count). The van der Waals surface area contributed by atoms with E-state index < -0.39 is 0 Å². The molecule has 2 nitrogen and oxygen atoms in total. The van der Waals surface area contributed by atoms with Crippen molar-refractivity contribution in [1.82, 2.24) is 0 Å². The lowest BCUT2D eigenvalue weighted by molar-refractivity contribution is 0.0992. The van der Waals surface area contributed by atoms with Gasteiger partial charge in [0.1, 0.15) is 5.75 Å². The summed E-state index contributed by atoms with van der Waals surface area (Å²) in [7, 11) is 1.61. The summed E-state index contributed by atoms with van der Waals surface area (Å²) in [6, 6.07) is 7.37. The first kappa shape index (κ1) is 13.6. The maximum absolute atomic E-state index is 12.3. The van der Waals surface area contributed by atoms with Gasteiger partial charge < -0.3 is 4.74 Å². The van der Waals surface area contributed by atoms with Crippen molar-refractivity contribution < 1.29 is 9.53 Å². The number of carbonyl (C=O) groups excluding carboxylic acids is 1. The van der Waals surface area contributed by atoms with Crippen LogP contribution in [0.25, 0.3) is 0 Å². The molecule has 0 saturated carbocycles. The summed E-state index contributed by atoms with van der Waals surface area (Å²) in [5.41, 5.74) is 5.98. The van der Waals surface area contributed by atoms with Gasteiger partial charge in [0.2, 0.25) is 0 Å². The van der Waals surface area contributed by atoms with Gasteiger partial charge in [-0.15, -0.1) is 0 Å². The fraction of sp³-hybridized carbons (Fsp3) is 0.353. The summed E-state index contributed by atoms with van der Waals surface area (Å²) < 4.78 is 5.16. The van der Waals surface area contributed by atoms with Gasteiger partial charge in [0.05, 0.1) is 7.11 Å². The van der Waals surface area contributed by atoms with E-state index in [0.717, 1.165) is 17.7 Å². The molecule has 0 fully saturated rings.